The molecule has 0 radical (unpaired) electrons. The number of hydrogen-bond acceptors (Lipinski definition) is 2. The topological polar surface area (TPSA) is 41.5 Å². The van der Waals surface area contributed by atoms with Crippen LogP contribution < -0.4 is 5.32 Å². The minimum absolute atomic E-state index is 0.0491. The van der Waals surface area contributed by atoms with Crippen molar-refractivity contribution < 1.29 is 4.79 Å². The number of nitrogens with one attached hydrogen (secondary N) is 1. The van der Waals surface area contributed by atoms with E-state index < -0.39 is 0 Å². The molecular weight excluding hydrogens is 328 g/mol. The van der Waals surface area contributed by atoms with Gasteiger partial charge in [-0.25, -0.2) is 0 Å². The lowest BCUT2D eigenvalue weighted by atomic mass is 10.0. The average Bonchev–Trinajstić information content (AvgIpc) is 2.64. The van der Waals surface area contributed by atoms with Crippen LogP contribution in [-0.4, -0.2) is 17.7 Å². The van der Waals surface area contributed by atoms with Crippen LogP contribution in [-0.2, 0) is 4.79 Å². The fourth-order valence-electron chi connectivity index (χ4n) is 2.42. The van der Waals surface area contributed by atoms with E-state index in [1.165, 1.54) is 0 Å². The minimum atomic E-state index is -0.355. The third-order valence-electron chi connectivity index (χ3n) is 3.52. The summed E-state index contributed by atoms with van der Waals surface area (Å²) in [6, 6.07) is 15.5. The lowest BCUT2D eigenvalue weighted by Gasteiger charge is -2.10. The third kappa shape index (κ3) is 2.76. The summed E-state index contributed by atoms with van der Waals surface area (Å²) in [6.45, 7) is 1.97. The Bertz CT molecular complexity index is 710. The summed E-state index contributed by atoms with van der Waals surface area (Å²) in [5.74, 6) is -0.0491. The Morgan fingerprint density at radius 1 is 1.19 bits per heavy atom. The molecule has 106 valence electrons. The summed E-state index contributed by atoms with van der Waals surface area (Å²) in [5.41, 5.74) is 3.63. The summed E-state index contributed by atoms with van der Waals surface area (Å²) < 4.78 is 0.967. The molecule has 1 heterocycles. The minimum Gasteiger partial charge on any atom is -0.324 e. The van der Waals surface area contributed by atoms with Gasteiger partial charge >= 0.3 is 0 Å². The molecule has 0 bridgehead atoms. The van der Waals surface area contributed by atoms with Gasteiger partial charge in [-0.05, 0) is 24.6 Å². The largest absolute Gasteiger partial charge is 0.324 e. The van der Waals surface area contributed by atoms with Crippen LogP contribution in [0.25, 0.3) is 0 Å². The van der Waals surface area contributed by atoms with E-state index in [1.54, 1.807) is 0 Å². The summed E-state index contributed by atoms with van der Waals surface area (Å²) in [7, 11) is 0. The van der Waals surface area contributed by atoms with Crippen molar-refractivity contribution in [2.45, 2.75) is 19.4 Å². The van der Waals surface area contributed by atoms with E-state index in [-0.39, 0.29) is 11.9 Å². The number of benzene rings is 2. The van der Waals surface area contributed by atoms with Crippen LogP contribution in [0.15, 0.2) is 58.0 Å². The van der Waals surface area contributed by atoms with Gasteiger partial charge in [0, 0.05) is 15.6 Å². The van der Waals surface area contributed by atoms with Gasteiger partial charge in [0.2, 0.25) is 5.91 Å². The molecule has 0 aromatic heterocycles. The first kappa shape index (κ1) is 14.0. The molecule has 1 aliphatic rings. The zero-order valence-corrected chi connectivity index (χ0v) is 13.2. The van der Waals surface area contributed by atoms with Gasteiger partial charge < -0.3 is 5.32 Å². The summed E-state index contributed by atoms with van der Waals surface area (Å²) in [6.07, 6.45) is 0.678. The number of fused-ring (bicyclic) bond motifs is 1. The van der Waals surface area contributed by atoms with E-state index in [1.807, 2.05) is 55.5 Å². The molecule has 3 nitrogen and oxygen atoms in total. The number of anilines is 1. The van der Waals surface area contributed by atoms with Crippen LogP contribution in [0.3, 0.4) is 0 Å². The fourth-order valence-corrected chi connectivity index (χ4v) is 2.79. The Kier molecular flexibility index (Phi) is 3.88. The van der Waals surface area contributed by atoms with Gasteiger partial charge in [0.25, 0.3) is 0 Å². The van der Waals surface area contributed by atoms with E-state index in [9.17, 15) is 4.79 Å². The van der Waals surface area contributed by atoms with Crippen LogP contribution in [0.1, 0.15) is 24.5 Å². The maximum Gasteiger partial charge on any atom is 0.249 e. The van der Waals surface area contributed by atoms with Gasteiger partial charge in [0.15, 0.2) is 0 Å². The van der Waals surface area contributed by atoms with E-state index in [0.717, 1.165) is 27.0 Å². The van der Waals surface area contributed by atoms with Crippen LogP contribution in [0.5, 0.6) is 0 Å². The Balaban J connectivity index is 2.22. The number of carbonyl (C=O) groups is 1. The molecule has 1 amide bonds. The van der Waals surface area contributed by atoms with Crippen LogP contribution in [0.4, 0.5) is 5.69 Å². The van der Waals surface area contributed by atoms with Crippen molar-refractivity contribution in [3.63, 3.8) is 0 Å². The van der Waals surface area contributed by atoms with Crippen molar-refractivity contribution in [2.75, 3.05) is 5.32 Å². The molecule has 2 aromatic carbocycles. The highest BCUT2D eigenvalue weighted by atomic mass is 79.9. The van der Waals surface area contributed by atoms with Gasteiger partial charge in [-0.15, -0.1) is 0 Å². The van der Waals surface area contributed by atoms with Crippen molar-refractivity contribution in [3.8, 4) is 0 Å². The van der Waals surface area contributed by atoms with Crippen LogP contribution in [0.2, 0.25) is 0 Å². The first-order chi connectivity index (χ1) is 10.2. The molecule has 0 fully saturated rings. The maximum absolute atomic E-state index is 12.2. The molecule has 0 aliphatic carbocycles. The van der Waals surface area contributed by atoms with Crippen LogP contribution in [0, 0.1) is 0 Å². The maximum atomic E-state index is 12.2. The Labute approximate surface area is 132 Å². The number of nitrogens with zero attached hydrogens (tertiary/aromatic N) is 1. The predicted molar refractivity (Wildman–Crippen MR) is 88.9 cm³/mol. The Hall–Kier alpha value is -1.94. The second-order valence-corrected chi connectivity index (χ2v) is 5.86. The molecule has 0 unspecified atom stereocenters. The molecule has 2 aromatic rings. The number of halogens is 1. The van der Waals surface area contributed by atoms with E-state index in [4.69, 9.17) is 4.99 Å². The number of aliphatic imine (C=N–C) groups is 1. The highest BCUT2D eigenvalue weighted by Crippen LogP contribution is 2.27. The second kappa shape index (κ2) is 5.82. The molecule has 21 heavy (non-hydrogen) atoms. The van der Waals surface area contributed by atoms with Gasteiger partial charge in [0.1, 0.15) is 6.04 Å². The highest BCUT2D eigenvalue weighted by Gasteiger charge is 2.24. The van der Waals surface area contributed by atoms with Crippen LogP contribution >= 0.6 is 15.9 Å². The smallest absolute Gasteiger partial charge is 0.249 e. The summed E-state index contributed by atoms with van der Waals surface area (Å²) >= 11 is 3.50. The predicted octanol–water partition coefficient (Wildman–Crippen LogP) is 4.02. The zero-order valence-electron chi connectivity index (χ0n) is 11.6. The molecule has 1 aliphatic heterocycles. The Morgan fingerprint density at radius 2 is 1.95 bits per heavy atom. The third-order valence-corrected chi connectivity index (χ3v) is 4.01. The van der Waals surface area contributed by atoms with Crippen molar-refractivity contribution in [1.29, 1.82) is 0 Å². The Morgan fingerprint density at radius 3 is 2.67 bits per heavy atom. The molecule has 0 saturated heterocycles. The van der Waals surface area contributed by atoms with Gasteiger partial charge in [-0.1, -0.05) is 53.2 Å². The fraction of sp³-hybridized carbons (Fsp3) is 0.176. The second-order valence-electron chi connectivity index (χ2n) is 4.95. The number of amides is 1. The lowest BCUT2D eigenvalue weighted by Crippen LogP contribution is -2.24. The van der Waals surface area contributed by atoms with Gasteiger partial charge in [-0.2, -0.15) is 0 Å². The molecule has 4 heteroatoms. The van der Waals surface area contributed by atoms with Crippen molar-refractivity contribution in [3.05, 3.63) is 64.1 Å². The first-order valence-corrected chi connectivity index (χ1v) is 7.72. The molecule has 0 saturated carbocycles. The van der Waals surface area contributed by atoms with Gasteiger partial charge in [0.05, 0.1) is 11.4 Å². The van der Waals surface area contributed by atoms with Crippen molar-refractivity contribution in [2.24, 2.45) is 4.99 Å². The molecule has 1 atom stereocenters. The van der Waals surface area contributed by atoms with Crippen molar-refractivity contribution >= 4 is 33.2 Å². The van der Waals surface area contributed by atoms with Crippen molar-refractivity contribution in [1.82, 2.24) is 0 Å². The van der Waals surface area contributed by atoms with E-state index in [2.05, 4.69) is 21.2 Å². The van der Waals surface area contributed by atoms with E-state index in [0.29, 0.717) is 6.42 Å². The zero-order chi connectivity index (χ0) is 14.8. The number of hydrogen-bond donors (Lipinski definition) is 1. The number of benzodiazepines with no additional fused rings is 1. The van der Waals surface area contributed by atoms with E-state index >= 15 is 0 Å². The summed E-state index contributed by atoms with van der Waals surface area (Å²) in [4.78, 5) is 17.0. The molecule has 1 N–H and O–H groups in total. The molecular formula is C17H15BrN2O. The van der Waals surface area contributed by atoms with Gasteiger partial charge in [-0.3, -0.25) is 9.79 Å². The summed E-state index contributed by atoms with van der Waals surface area (Å²) in [5, 5.41) is 2.98. The number of carbonyl (C=O) groups excluding carboxylic acids is 1. The quantitative estimate of drug-likeness (QED) is 0.879. The highest BCUT2D eigenvalue weighted by molar-refractivity contribution is 9.10. The average molecular weight is 343 g/mol. The SMILES string of the molecule is CC[C@@H]1N=C(c2ccccc2)c2cc(Br)ccc2NC1=O. The number of rotatable bonds is 2. The standard InChI is InChI=1S/C17H15BrN2O/c1-2-14-17(21)20-15-9-8-12(18)10-13(15)16(19-14)11-6-4-3-5-7-11/h3-10,14H,2H2,1H3,(H,20,21)/t14-/m0/s1. The molecule has 3 rings (SSSR count). The lowest BCUT2D eigenvalue weighted by molar-refractivity contribution is -0.117. The normalized spacial score (nSPS) is 17.5. The molecule has 0 spiro atoms. The first-order valence-electron chi connectivity index (χ1n) is 6.93. The monoisotopic (exact) mass is 342 g/mol.